The molecule has 1 N–H and O–H groups in total. The number of anilines is 1. The van der Waals surface area contributed by atoms with Gasteiger partial charge in [-0.2, -0.15) is 0 Å². The number of pyridine rings is 1. The van der Waals surface area contributed by atoms with Crippen molar-refractivity contribution < 1.29 is 9.47 Å². The zero-order valence-corrected chi connectivity index (χ0v) is 18.5. The maximum atomic E-state index is 12.8. The lowest BCUT2D eigenvalue weighted by Crippen LogP contribution is -2.47. The second-order valence-electron chi connectivity index (χ2n) is 8.20. The molecule has 0 radical (unpaired) electrons. The van der Waals surface area contributed by atoms with Crippen molar-refractivity contribution in [1.82, 2.24) is 19.9 Å². The van der Waals surface area contributed by atoms with Gasteiger partial charge in [0, 0.05) is 44.9 Å². The lowest BCUT2D eigenvalue weighted by atomic mass is 10.2. The van der Waals surface area contributed by atoms with Gasteiger partial charge in [0.25, 0.3) is 5.56 Å². The van der Waals surface area contributed by atoms with Crippen molar-refractivity contribution in [2.75, 3.05) is 51.8 Å². The van der Waals surface area contributed by atoms with Gasteiger partial charge in [-0.3, -0.25) is 9.69 Å². The van der Waals surface area contributed by atoms with Crippen molar-refractivity contribution >= 4 is 16.7 Å². The van der Waals surface area contributed by atoms with E-state index in [0.717, 1.165) is 38.5 Å². The number of aromatic nitrogens is 3. The normalized spacial score (nSPS) is 14.9. The summed E-state index contributed by atoms with van der Waals surface area (Å²) in [5, 5.41) is 0.393. The van der Waals surface area contributed by atoms with Gasteiger partial charge in [-0.1, -0.05) is 19.9 Å². The summed E-state index contributed by atoms with van der Waals surface area (Å²) in [4.78, 5) is 29.9. The molecular formula is C23H29N5O3. The van der Waals surface area contributed by atoms with Crippen LogP contribution in [0.3, 0.4) is 0 Å². The standard InChI is InChI=1S/C23H29N5O3/c1-15(2)14-27-8-10-28(11-9-27)20-7-5-6-17(24-20)22-25-18-12-16(30-3)13-19(31-4)21(18)23(29)26-22/h5-7,12-13,15H,8-11,14H2,1-4H3,(H,25,26,29). The first-order chi connectivity index (χ1) is 15.0. The smallest absolute Gasteiger partial charge is 0.262 e. The molecule has 31 heavy (non-hydrogen) atoms. The Bertz CT molecular complexity index is 1120. The van der Waals surface area contributed by atoms with Crippen LogP contribution in [0.1, 0.15) is 13.8 Å². The number of aromatic amines is 1. The molecule has 0 amide bonds. The van der Waals surface area contributed by atoms with E-state index in [1.54, 1.807) is 19.2 Å². The summed E-state index contributed by atoms with van der Waals surface area (Å²) in [6, 6.07) is 9.23. The summed E-state index contributed by atoms with van der Waals surface area (Å²) in [7, 11) is 3.09. The minimum Gasteiger partial charge on any atom is -0.497 e. The van der Waals surface area contributed by atoms with E-state index in [-0.39, 0.29) is 5.56 Å². The zero-order valence-electron chi connectivity index (χ0n) is 18.5. The van der Waals surface area contributed by atoms with E-state index in [2.05, 4.69) is 33.6 Å². The highest BCUT2D eigenvalue weighted by Crippen LogP contribution is 2.29. The van der Waals surface area contributed by atoms with Crippen LogP contribution < -0.4 is 19.9 Å². The molecule has 1 aliphatic heterocycles. The Morgan fingerprint density at radius 3 is 2.52 bits per heavy atom. The predicted molar refractivity (Wildman–Crippen MR) is 122 cm³/mol. The zero-order chi connectivity index (χ0) is 22.0. The van der Waals surface area contributed by atoms with Crippen LogP contribution in [-0.2, 0) is 0 Å². The number of hydrogen-bond acceptors (Lipinski definition) is 7. The van der Waals surface area contributed by atoms with Gasteiger partial charge in [-0.05, 0) is 18.1 Å². The second kappa shape index (κ2) is 8.93. The third-order valence-electron chi connectivity index (χ3n) is 5.50. The van der Waals surface area contributed by atoms with Crippen molar-refractivity contribution in [2.24, 2.45) is 5.92 Å². The first-order valence-electron chi connectivity index (χ1n) is 10.6. The second-order valence-corrected chi connectivity index (χ2v) is 8.20. The molecule has 3 heterocycles. The predicted octanol–water partition coefficient (Wildman–Crippen LogP) is 2.78. The Balaban J connectivity index is 1.64. The van der Waals surface area contributed by atoms with Gasteiger partial charge in [0.1, 0.15) is 28.4 Å². The highest BCUT2D eigenvalue weighted by molar-refractivity contribution is 5.87. The van der Waals surface area contributed by atoms with E-state index in [1.165, 1.54) is 7.11 Å². The first kappa shape index (κ1) is 21.1. The Labute approximate surface area is 181 Å². The van der Waals surface area contributed by atoms with E-state index in [9.17, 15) is 4.79 Å². The molecular weight excluding hydrogens is 394 g/mol. The van der Waals surface area contributed by atoms with Gasteiger partial charge in [0.2, 0.25) is 0 Å². The Morgan fingerprint density at radius 1 is 1.06 bits per heavy atom. The van der Waals surface area contributed by atoms with Crippen molar-refractivity contribution in [1.29, 1.82) is 0 Å². The maximum absolute atomic E-state index is 12.8. The summed E-state index contributed by atoms with van der Waals surface area (Å²) >= 11 is 0. The van der Waals surface area contributed by atoms with Crippen LogP contribution in [-0.4, -0.2) is 66.8 Å². The van der Waals surface area contributed by atoms with Crippen LogP contribution in [0, 0.1) is 5.92 Å². The third kappa shape index (κ3) is 4.49. The van der Waals surface area contributed by atoms with Crippen LogP contribution in [0.4, 0.5) is 5.82 Å². The minimum atomic E-state index is -0.269. The van der Waals surface area contributed by atoms with E-state index in [1.807, 2.05) is 18.2 Å². The topological polar surface area (TPSA) is 83.6 Å². The molecule has 4 rings (SSSR count). The number of methoxy groups -OCH3 is 2. The molecule has 1 saturated heterocycles. The van der Waals surface area contributed by atoms with Gasteiger partial charge in [-0.15, -0.1) is 0 Å². The summed E-state index contributed by atoms with van der Waals surface area (Å²) in [6.45, 7) is 9.53. The SMILES string of the molecule is COc1cc(OC)c2c(=O)[nH]c(-c3cccc(N4CCN(CC(C)C)CC4)n3)nc2c1. The summed E-state index contributed by atoms with van der Waals surface area (Å²) in [5.74, 6) is 2.99. The number of nitrogens with one attached hydrogen (secondary N) is 1. The van der Waals surface area contributed by atoms with Gasteiger partial charge in [0.05, 0.1) is 19.7 Å². The highest BCUT2D eigenvalue weighted by atomic mass is 16.5. The Hall–Kier alpha value is -3.13. The van der Waals surface area contributed by atoms with Crippen LogP contribution in [0.25, 0.3) is 22.4 Å². The van der Waals surface area contributed by atoms with E-state index in [4.69, 9.17) is 14.5 Å². The van der Waals surface area contributed by atoms with E-state index in [0.29, 0.717) is 39.8 Å². The number of H-pyrrole nitrogens is 1. The molecule has 2 aromatic heterocycles. The molecule has 1 aliphatic rings. The molecule has 0 unspecified atom stereocenters. The number of hydrogen-bond donors (Lipinski definition) is 1. The molecule has 1 aromatic carbocycles. The number of fused-ring (bicyclic) bond motifs is 1. The Kier molecular flexibility index (Phi) is 6.08. The minimum absolute atomic E-state index is 0.269. The van der Waals surface area contributed by atoms with Crippen LogP contribution in [0.2, 0.25) is 0 Å². The molecule has 8 nitrogen and oxygen atoms in total. The average molecular weight is 424 g/mol. The average Bonchev–Trinajstić information content (AvgIpc) is 2.78. The van der Waals surface area contributed by atoms with Crippen LogP contribution >= 0.6 is 0 Å². The fraction of sp³-hybridized carbons (Fsp3) is 0.435. The maximum Gasteiger partial charge on any atom is 0.262 e. The third-order valence-corrected chi connectivity index (χ3v) is 5.50. The van der Waals surface area contributed by atoms with Crippen LogP contribution in [0.5, 0.6) is 11.5 Å². The van der Waals surface area contributed by atoms with E-state index < -0.39 is 0 Å². The lowest BCUT2D eigenvalue weighted by molar-refractivity contribution is 0.231. The van der Waals surface area contributed by atoms with Gasteiger partial charge in [-0.25, -0.2) is 9.97 Å². The highest BCUT2D eigenvalue weighted by Gasteiger charge is 2.19. The van der Waals surface area contributed by atoms with E-state index >= 15 is 0 Å². The lowest BCUT2D eigenvalue weighted by Gasteiger charge is -2.36. The van der Waals surface area contributed by atoms with Crippen LogP contribution in [0.15, 0.2) is 35.1 Å². The molecule has 0 saturated carbocycles. The number of nitrogens with zero attached hydrogens (tertiary/aromatic N) is 4. The largest absolute Gasteiger partial charge is 0.497 e. The first-order valence-corrected chi connectivity index (χ1v) is 10.6. The van der Waals surface area contributed by atoms with Crippen molar-refractivity contribution in [3.63, 3.8) is 0 Å². The number of benzene rings is 1. The van der Waals surface area contributed by atoms with Gasteiger partial charge < -0.3 is 19.4 Å². The molecule has 3 aromatic rings. The van der Waals surface area contributed by atoms with Crippen molar-refractivity contribution in [3.8, 4) is 23.0 Å². The molecule has 1 fully saturated rings. The van der Waals surface area contributed by atoms with Gasteiger partial charge >= 0.3 is 0 Å². The summed E-state index contributed by atoms with van der Waals surface area (Å²) in [5.41, 5.74) is 0.862. The van der Waals surface area contributed by atoms with Gasteiger partial charge in [0.15, 0.2) is 5.82 Å². The quantitative estimate of drug-likeness (QED) is 0.653. The monoisotopic (exact) mass is 423 g/mol. The molecule has 0 atom stereocenters. The fourth-order valence-corrected chi connectivity index (χ4v) is 4.02. The molecule has 0 bridgehead atoms. The molecule has 0 spiro atoms. The fourth-order valence-electron chi connectivity index (χ4n) is 4.02. The number of rotatable bonds is 6. The molecule has 0 aliphatic carbocycles. The van der Waals surface area contributed by atoms with Crippen molar-refractivity contribution in [3.05, 3.63) is 40.7 Å². The molecule has 164 valence electrons. The number of ether oxygens (including phenoxy) is 2. The number of piperazine rings is 1. The molecule has 8 heteroatoms. The van der Waals surface area contributed by atoms with Crippen molar-refractivity contribution in [2.45, 2.75) is 13.8 Å². The summed E-state index contributed by atoms with van der Waals surface area (Å²) in [6.07, 6.45) is 0. The Morgan fingerprint density at radius 2 is 1.84 bits per heavy atom. The summed E-state index contributed by atoms with van der Waals surface area (Å²) < 4.78 is 10.7.